The van der Waals surface area contributed by atoms with E-state index in [-0.39, 0.29) is 12.0 Å². The predicted octanol–water partition coefficient (Wildman–Crippen LogP) is 16.0. The van der Waals surface area contributed by atoms with Crippen LogP contribution in [0.4, 0.5) is 5.69 Å². The Kier molecular flexibility index (Phi) is 10.6. The molecular weight excluding hydrogens is 901 g/mol. The molecule has 3 aliphatic rings. The predicted molar refractivity (Wildman–Crippen MR) is 306 cm³/mol. The summed E-state index contributed by atoms with van der Waals surface area (Å²) in [5, 5.41) is 6.31. The first-order valence-corrected chi connectivity index (χ1v) is 25.4. The highest BCUT2D eigenvalue weighted by Crippen LogP contribution is 2.51. The van der Waals surface area contributed by atoms with Crippen molar-refractivity contribution >= 4 is 39.3 Å². The molecule has 14 rings (SSSR count). The Balaban J connectivity index is 0.949. The van der Waals surface area contributed by atoms with Crippen molar-refractivity contribution < 1.29 is 0 Å². The average Bonchev–Trinajstić information content (AvgIpc) is 4.01. The molecule has 0 saturated heterocycles. The maximum atomic E-state index is 5.53. The molecule has 350 valence electrons. The zero-order valence-corrected chi connectivity index (χ0v) is 40.4. The fourth-order valence-electron chi connectivity index (χ4n) is 11.2. The summed E-state index contributed by atoms with van der Waals surface area (Å²) >= 11 is 0. The molecule has 0 spiro atoms. The summed E-state index contributed by atoms with van der Waals surface area (Å²) in [4.78, 5) is 18.5. The number of nitrogens with zero attached hydrogens (tertiary/aromatic N) is 5. The molecular formula is C68H48N6. The number of para-hydroxylation sites is 1. The fraction of sp³-hybridized carbons (Fsp3) is 0.0441. The lowest BCUT2D eigenvalue weighted by Crippen LogP contribution is -2.49. The van der Waals surface area contributed by atoms with E-state index in [4.69, 9.17) is 15.0 Å². The third-order valence-corrected chi connectivity index (χ3v) is 14.8. The third-order valence-electron chi connectivity index (χ3n) is 14.8. The first kappa shape index (κ1) is 43.2. The molecule has 0 bridgehead atoms. The molecule has 1 aliphatic carbocycles. The van der Waals surface area contributed by atoms with Gasteiger partial charge in [0.15, 0.2) is 5.84 Å². The Hall–Kier alpha value is -9.65. The Morgan fingerprint density at radius 1 is 0.419 bits per heavy atom. The Bertz CT molecular complexity index is 4040. The number of amidine groups is 1. The van der Waals surface area contributed by atoms with Crippen LogP contribution in [0.3, 0.4) is 0 Å². The Morgan fingerprint density at radius 2 is 0.986 bits per heavy atom. The van der Waals surface area contributed by atoms with Crippen molar-refractivity contribution in [2.75, 3.05) is 4.90 Å². The van der Waals surface area contributed by atoms with Crippen molar-refractivity contribution in [1.29, 1.82) is 0 Å². The van der Waals surface area contributed by atoms with Gasteiger partial charge in [0.25, 0.3) is 0 Å². The largest absolute Gasteiger partial charge is 0.330 e. The van der Waals surface area contributed by atoms with Crippen molar-refractivity contribution in [1.82, 2.24) is 14.9 Å². The van der Waals surface area contributed by atoms with Crippen molar-refractivity contribution in [3.8, 4) is 61.6 Å². The lowest BCUT2D eigenvalue weighted by molar-refractivity contribution is 0.649. The van der Waals surface area contributed by atoms with Gasteiger partial charge in [0, 0.05) is 39.1 Å². The van der Waals surface area contributed by atoms with Crippen LogP contribution in [-0.4, -0.2) is 27.4 Å². The van der Waals surface area contributed by atoms with Gasteiger partial charge in [-0.1, -0.05) is 224 Å². The number of benzene rings is 9. The van der Waals surface area contributed by atoms with Gasteiger partial charge in [-0.3, -0.25) is 0 Å². The second kappa shape index (κ2) is 18.2. The SMILES string of the molecule is C1=CC2c3ccc4c5ccccc5n(-c5cc(-c6ccccc6)cc(-c6ccc(-c7ccccc7)cc6)c5)c4c3N(C3=NC(c4ccccc4)=NC(c4cccc(-c5cccc(-c6ccccc6)n5)c4)N3)C2C=C1. The number of allylic oxidation sites excluding steroid dienone is 2. The topological polar surface area (TPSA) is 57.8 Å². The molecule has 0 saturated carbocycles. The molecule has 3 atom stereocenters. The first-order valence-electron chi connectivity index (χ1n) is 25.4. The number of rotatable bonds is 8. The van der Waals surface area contributed by atoms with E-state index in [1.807, 2.05) is 12.1 Å². The summed E-state index contributed by atoms with van der Waals surface area (Å²) < 4.78 is 2.50. The zero-order valence-electron chi connectivity index (χ0n) is 40.4. The number of hydrogen-bond donors (Lipinski definition) is 1. The molecule has 1 N–H and O–H groups in total. The number of nitrogens with one attached hydrogen (secondary N) is 1. The van der Waals surface area contributed by atoms with Crippen LogP contribution in [0, 0.1) is 0 Å². The highest BCUT2D eigenvalue weighted by Gasteiger charge is 2.43. The molecule has 3 unspecified atom stereocenters. The van der Waals surface area contributed by atoms with Crippen LogP contribution in [0.5, 0.6) is 0 Å². The summed E-state index contributed by atoms with van der Waals surface area (Å²) in [6, 6.07) is 86.4. The summed E-state index contributed by atoms with van der Waals surface area (Å²) in [6.07, 6.45) is 8.59. The van der Waals surface area contributed by atoms with E-state index < -0.39 is 6.17 Å². The van der Waals surface area contributed by atoms with Gasteiger partial charge < -0.3 is 14.8 Å². The number of anilines is 1. The van der Waals surface area contributed by atoms with Crippen LogP contribution in [-0.2, 0) is 0 Å². The van der Waals surface area contributed by atoms with Crippen molar-refractivity contribution in [2.45, 2.75) is 18.1 Å². The summed E-state index contributed by atoms with van der Waals surface area (Å²) in [5.41, 5.74) is 18.6. The number of hydrogen-bond acceptors (Lipinski definition) is 5. The van der Waals surface area contributed by atoms with Crippen LogP contribution in [0.2, 0.25) is 0 Å². The lowest BCUT2D eigenvalue weighted by atomic mass is 9.91. The number of aliphatic imine (C=N–C) groups is 2. The summed E-state index contributed by atoms with van der Waals surface area (Å²) in [5.74, 6) is 1.49. The molecule has 0 amide bonds. The van der Waals surface area contributed by atoms with Gasteiger partial charge in [-0.25, -0.2) is 9.98 Å². The smallest absolute Gasteiger partial charge is 0.207 e. The van der Waals surface area contributed by atoms with Gasteiger partial charge in [-0.2, -0.15) is 4.99 Å². The van der Waals surface area contributed by atoms with Crippen LogP contribution < -0.4 is 10.2 Å². The first-order chi connectivity index (χ1) is 36.7. The van der Waals surface area contributed by atoms with Crippen molar-refractivity contribution in [2.24, 2.45) is 9.98 Å². The highest BCUT2D eigenvalue weighted by molar-refractivity contribution is 6.20. The maximum absolute atomic E-state index is 5.53. The molecule has 6 heteroatoms. The van der Waals surface area contributed by atoms with E-state index in [1.165, 1.54) is 27.5 Å². The minimum absolute atomic E-state index is 0.0558. The van der Waals surface area contributed by atoms with Gasteiger partial charge in [-0.15, -0.1) is 0 Å². The van der Waals surface area contributed by atoms with Gasteiger partial charge in [-0.05, 0) is 87.0 Å². The van der Waals surface area contributed by atoms with Crippen LogP contribution >= 0.6 is 0 Å². The van der Waals surface area contributed by atoms with E-state index in [9.17, 15) is 0 Å². The molecule has 9 aromatic carbocycles. The van der Waals surface area contributed by atoms with Crippen LogP contribution in [0.15, 0.2) is 277 Å². The van der Waals surface area contributed by atoms with Crippen molar-refractivity contribution in [3.05, 3.63) is 284 Å². The molecule has 4 heterocycles. The molecule has 11 aromatic rings. The van der Waals surface area contributed by atoms with Crippen LogP contribution in [0.1, 0.15) is 28.8 Å². The third kappa shape index (κ3) is 7.63. The van der Waals surface area contributed by atoms with Gasteiger partial charge in [0.1, 0.15) is 6.17 Å². The van der Waals surface area contributed by atoms with E-state index in [2.05, 4.69) is 270 Å². The van der Waals surface area contributed by atoms with E-state index in [0.717, 1.165) is 84.3 Å². The molecule has 74 heavy (non-hydrogen) atoms. The van der Waals surface area contributed by atoms with E-state index in [0.29, 0.717) is 5.84 Å². The van der Waals surface area contributed by atoms with Crippen LogP contribution in [0.25, 0.3) is 83.4 Å². The lowest BCUT2D eigenvalue weighted by Gasteiger charge is -2.34. The van der Waals surface area contributed by atoms with Gasteiger partial charge in [0.05, 0.1) is 34.2 Å². The molecule has 2 aliphatic heterocycles. The fourth-order valence-corrected chi connectivity index (χ4v) is 11.2. The molecule has 0 fully saturated rings. The Labute approximate surface area is 430 Å². The monoisotopic (exact) mass is 948 g/mol. The zero-order chi connectivity index (χ0) is 49.0. The second-order valence-electron chi connectivity index (χ2n) is 19.2. The summed E-state index contributed by atoms with van der Waals surface area (Å²) in [7, 11) is 0. The second-order valence-corrected chi connectivity index (χ2v) is 19.2. The maximum Gasteiger partial charge on any atom is 0.207 e. The van der Waals surface area contributed by atoms with Crippen molar-refractivity contribution in [3.63, 3.8) is 0 Å². The molecule has 6 nitrogen and oxygen atoms in total. The van der Waals surface area contributed by atoms with E-state index in [1.54, 1.807) is 0 Å². The minimum Gasteiger partial charge on any atom is -0.330 e. The highest BCUT2D eigenvalue weighted by atomic mass is 15.4. The standard InChI is InChI=1S/C68H48N6/c1-5-19-45(20-6-1)47-35-37-48(38-36-47)54-42-53(46-21-7-2-8-22-46)43-55(44-54)73-62-33-15-13-29-56(62)58-39-40-59-57-30-14-16-34-63(57)74(65(59)64(58)73)68-71-66(50-25-11-4-12-26-50)70-67(72-68)52-28-17-27-51(41-52)61-32-18-31-60(69-61)49-23-9-3-10-24-49/h1-44,57,63,67H,(H,70,71,72). The molecule has 2 aromatic heterocycles. The number of fused-ring (bicyclic) bond motifs is 7. The average molecular weight is 949 g/mol. The Morgan fingerprint density at radius 3 is 1.70 bits per heavy atom. The van der Waals surface area contributed by atoms with Gasteiger partial charge >= 0.3 is 0 Å². The summed E-state index contributed by atoms with van der Waals surface area (Å²) in [6.45, 7) is 0. The number of pyridine rings is 1. The van der Waals surface area contributed by atoms with E-state index >= 15 is 0 Å². The number of aromatic nitrogens is 2. The van der Waals surface area contributed by atoms with Gasteiger partial charge in [0.2, 0.25) is 5.96 Å². The molecule has 0 radical (unpaired) electrons. The quantitative estimate of drug-likeness (QED) is 0.165. The number of guanidine groups is 1. The minimum atomic E-state index is -0.455. The normalized spacial score (nSPS) is 16.6.